The summed E-state index contributed by atoms with van der Waals surface area (Å²) in [6.45, 7) is 4.48. The van der Waals surface area contributed by atoms with E-state index in [0.717, 1.165) is 32.5 Å². The predicted octanol–water partition coefficient (Wildman–Crippen LogP) is -0.0786. The van der Waals surface area contributed by atoms with Gasteiger partial charge in [0.15, 0.2) is 0 Å². The number of piperidine rings is 1. The van der Waals surface area contributed by atoms with E-state index in [4.69, 9.17) is 5.11 Å². The molecule has 14 heavy (non-hydrogen) atoms. The molecule has 0 spiro atoms. The van der Waals surface area contributed by atoms with Crippen molar-refractivity contribution >= 4 is 5.91 Å². The van der Waals surface area contributed by atoms with Crippen LogP contribution in [0.2, 0.25) is 0 Å². The summed E-state index contributed by atoms with van der Waals surface area (Å²) in [6, 6.07) is 0.327. The Morgan fingerprint density at radius 1 is 1.64 bits per heavy atom. The Morgan fingerprint density at radius 3 is 2.93 bits per heavy atom. The molecular formula is C10H20N2O2. The smallest absolute Gasteiger partial charge is 0.219 e. The Kier molecular flexibility index (Phi) is 4.35. The second-order valence-corrected chi connectivity index (χ2v) is 3.95. The summed E-state index contributed by atoms with van der Waals surface area (Å²) in [4.78, 5) is 15.2. The largest absolute Gasteiger partial charge is 0.395 e. The Labute approximate surface area is 85.5 Å². The van der Waals surface area contributed by atoms with Gasteiger partial charge in [0, 0.05) is 33.1 Å². The average molecular weight is 200 g/mol. The normalized spacial score (nSPS) is 23.5. The number of likely N-dealkylation sites (N-methyl/N-ethyl adjacent to an activating group) is 1. The van der Waals surface area contributed by atoms with E-state index in [1.807, 2.05) is 11.9 Å². The first-order chi connectivity index (χ1) is 6.65. The Balaban J connectivity index is 2.43. The van der Waals surface area contributed by atoms with Crippen molar-refractivity contribution in [2.75, 3.05) is 33.3 Å². The van der Waals surface area contributed by atoms with Gasteiger partial charge in [0.2, 0.25) is 5.91 Å². The lowest BCUT2D eigenvalue weighted by molar-refractivity contribution is -0.130. The van der Waals surface area contributed by atoms with Gasteiger partial charge in [-0.1, -0.05) is 0 Å². The van der Waals surface area contributed by atoms with Crippen LogP contribution in [0.25, 0.3) is 0 Å². The Hall–Kier alpha value is -0.610. The van der Waals surface area contributed by atoms with Gasteiger partial charge in [-0.05, 0) is 19.4 Å². The van der Waals surface area contributed by atoms with Gasteiger partial charge in [-0.15, -0.1) is 0 Å². The van der Waals surface area contributed by atoms with E-state index in [9.17, 15) is 4.79 Å². The molecule has 0 aliphatic carbocycles. The molecule has 1 aliphatic heterocycles. The second kappa shape index (κ2) is 5.32. The maximum atomic E-state index is 11.2. The standard InChI is InChI=1S/C10H20N2O2/c1-9(14)11(2)10-4-3-5-12(8-10)6-7-13/h10,13H,3-8H2,1-2H3/t10-/m0/s1. The van der Waals surface area contributed by atoms with E-state index in [0.29, 0.717) is 6.04 Å². The number of aliphatic hydroxyl groups is 1. The number of hydrogen-bond acceptors (Lipinski definition) is 3. The predicted molar refractivity (Wildman–Crippen MR) is 55.0 cm³/mol. The maximum Gasteiger partial charge on any atom is 0.219 e. The molecule has 1 amide bonds. The number of hydrogen-bond donors (Lipinski definition) is 1. The molecule has 1 rings (SSSR count). The summed E-state index contributed by atoms with van der Waals surface area (Å²) in [5.74, 6) is 0.126. The molecule has 82 valence electrons. The number of rotatable bonds is 3. The van der Waals surface area contributed by atoms with Crippen LogP contribution in [0.15, 0.2) is 0 Å². The first-order valence-electron chi connectivity index (χ1n) is 5.21. The fourth-order valence-electron chi connectivity index (χ4n) is 1.95. The molecule has 0 aromatic rings. The van der Waals surface area contributed by atoms with Gasteiger partial charge in [0.1, 0.15) is 0 Å². The van der Waals surface area contributed by atoms with E-state index in [-0.39, 0.29) is 12.5 Å². The first-order valence-corrected chi connectivity index (χ1v) is 5.21. The minimum absolute atomic E-state index is 0.126. The summed E-state index contributed by atoms with van der Waals surface area (Å²) < 4.78 is 0. The minimum Gasteiger partial charge on any atom is -0.395 e. The minimum atomic E-state index is 0.126. The molecule has 1 atom stereocenters. The fraction of sp³-hybridized carbons (Fsp3) is 0.900. The molecule has 0 bridgehead atoms. The van der Waals surface area contributed by atoms with Gasteiger partial charge in [0.25, 0.3) is 0 Å². The van der Waals surface area contributed by atoms with Crippen LogP contribution in [0.5, 0.6) is 0 Å². The second-order valence-electron chi connectivity index (χ2n) is 3.95. The molecule has 1 heterocycles. The van der Waals surface area contributed by atoms with Crippen molar-refractivity contribution in [2.45, 2.75) is 25.8 Å². The summed E-state index contributed by atoms with van der Waals surface area (Å²) in [7, 11) is 1.86. The Morgan fingerprint density at radius 2 is 2.36 bits per heavy atom. The molecule has 1 N–H and O–H groups in total. The van der Waals surface area contributed by atoms with Crippen LogP contribution in [-0.4, -0.2) is 60.1 Å². The quantitative estimate of drug-likeness (QED) is 0.693. The van der Waals surface area contributed by atoms with Crippen LogP contribution in [0, 0.1) is 0 Å². The fourth-order valence-corrected chi connectivity index (χ4v) is 1.95. The van der Waals surface area contributed by atoms with Gasteiger partial charge in [-0.2, -0.15) is 0 Å². The van der Waals surface area contributed by atoms with Gasteiger partial charge in [-0.25, -0.2) is 0 Å². The molecule has 1 fully saturated rings. The molecule has 0 aromatic carbocycles. The SMILES string of the molecule is CC(=O)N(C)[C@H]1CCCN(CCO)C1. The highest BCUT2D eigenvalue weighted by Crippen LogP contribution is 2.14. The van der Waals surface area contributed by atoms with Crippen molar-refractivity contribution in [3.8, 4) is 0 Å². The zero-order valence-electron chi connectivity index (χ0n) is 9.07. The lowest BCUT2D eigenvalue weighted by Gasteiger charge is -2.36. The first kappa shape index (κ1) is 11.5. The molecule has 0 saturated carbocycles. The van der Waals surface area contributed by atoms with Gasteiger partial charge >= 0.3 is 0 Å². The van der Waals surface area contributed by atoms with Gasteiger partial charge < -0.3 is 10.0 Å². The van der Waals surface area contributed by atoms with E-state index >= 15 is 0 Å². The molecule has 1 aliphatic rings. The van der Waals surface area contributed by atoms with E-state index < -0.39 is 0 Å². The maximum absolute atomic E-state index is 11.2. The average Bonchev–Trinajstić information content (AvgIpc) is 2.17. The summed E-state index contributed by atoms with van der Waals surface area (Å²) in [6.07, 6.45) is 2.19. The number of amides is 1. The van der Waals surface area contributed by atoms with Crippen molar-refractivity contribution in [3.05, 3.63) is 0 Å². The van der Waals surface area contributed by atoms with Crippen LogP contribution >= 0.6 is 0 Å². The van der Waals surface area contributed by atoms with E-state index in [2.05, 4.69) is 4.90 Å². The Bertz CT molecular complexity index is 195. The van der Waals surface area contributed by atoms with Crippen LogP contribution in [0.1, 0.15) is 19.8 Å². The third-order valence-corrected chi connectivity index (χ3v) is 2.94. The zero-order valence-corrected chi connectivity index (χ0v) is 9.07. The van der Waals surface area contributed by atoms with Crippen LogP contribution in [-0.2, 0) is 4.79 Å². The van der Waals surface area contributed by atoms with E-state index in [1.165, 1.54) is 0 Å². The van der Waals surface area contributed by atoms with Gasteiger partial charge in [-0.3, -0.25) is 9.69 Å². The van der Waals surface area contributed by atoms with E-state index in [1.54, 1.807) is 6.92 Å². The highest BCUT2D eigenvalue weighted by molar-refractivity contribution is 5.73. The van der Waals surface area contributed by atoms with Crippen molar-refractivity contribution in [3.63, 3.8) is 0 Å². The third kappa shape index (κ3) is 2.96. The monoisotopic (exact) mass is 200 g/mol. The lowest BCUT2D eigenvalue weighted by Crippen LogP contribution is -2.48. The summed E-state index contributed by atoms with van der Waals surface area (Å²) in [5.41, 5.74) is 0. The van der Waals surface area contributed by atoms with Crippen molar-refractivity contribution in [1.29, 1.82) is 0 Å². The molecule has 4 heteroatoms. The summed E-state index contributed by atoms with van der Waals surface area (Å²) in [5, 5.41) is 8.83. The summed E-state index contributed by atoms with van der Waals surface area (Å²) >= 11 is 0. The highest BCUT2D eigenvalue weighted by atomic mass is 16.3. The van der Waals surface area contributed by atoms with Crippen LogP contribution in [0.4, 0.5) is 0 Å². The molecule has 0 unspecified atom stereocenters. The van der Waals surface area contributed by atoms with Gasteiger partial charge in [0.05, 0.1) is 6.61 Å². The number of likely N-dealkylation sites (tertiary alicyclic amines) is 1. The van der Waals surface area contributed by atoms with Crippen molar-refractivity contribution in [2.24, 2.45) is 0 Å². The topological polar surface area (TPSA) is 43.8 Å². The number of nitrogens with zero attached hydrogens (tertiary/aromatic N) is 2. The van der Waals surface area contributed by atoms with Crippen molar-refractivity contribution < 1.29 is 9.90 Å². The number of carbonyl (C=O) groups is 1. The number of carbonyl (C=O) groups excluding carboxylic acids is 1. The van der Waals surface area contributed by atoms with Crippen molar-refractivity contribution in [1.82, 2.24) is 9.80 Å². The zero-order chi connectivity index (χ0) is 10.6. The molecule has 4 nitrogen and oxygen atoms in total. The lowest BCUT2D eigenvalue weighted by atomic mass is 10.0. The van der Waals surface area contributed by atoms with Crippen LogP contribution < -0.4 is 0 Å². The highest BCUT2D eigenvalue weighted by Gasteiger charge is 2.23. The number of aliphatic hydroxyl groups excluding tert-OH is 1. The molecule has 0 radical (unpaired) electrons. The number of β-amino-alcohol motifs (C(OH)–C–C–N with tert-alkyl or cyclic N) is 1. The molecule has 1 saturated heterocycles. The molecule has 0 aromatic heterocycles. The molecular weight excluding hydrogens is 180 g/mol. The van der Waals surface area contributed by atoms with Crippen LogP contribution in [0.3, 0.4) is 0 Å². The third-order valence-electron chi connectivity index (χ3n) is 2.94.